The smallest absolute Gasteiger partial charge is 0.134 e. The number of H-pyrrole nitrogens is 1. The molecule has 3 aromatic rings. The summed E-state index contributed by atoms with van der Waals surface area (Å²) in [6.07, 6.45) is 0. The third kappa shape index (κ3) is 1.61. The summed E-state index contributed by atoms with van der Waals surface area (Å²) < 4.78 is 0. The Morgan fingerprint density at radius 3 is 2.61 bits per heavy atom. The number of fused-ring (bicyclic) bond motifs is 1. The monoisotopic (exact) mass is 234 g/mol. The summed E-state index contributed by atoms with van der Waals surface area (Å²) in [5.74, 6) is 0.00801. The van der Waals surface area contributed by atoms with Crippen LogP contribution < -0.4 is 0 Å². The highest BCUT2D eigenvalue weighted by Gasteiger charge is 2.06. The largest absolute Gasteiger partial charge is 0.507 e. The summed E-state index contributed by atoms with van der Waals surface area (Å²) >= 11 is 0. The van der Waals surface area contributed by atoms with E-state index in [0.29, 0.717) is 0 Å². The summed E-state index contributed by atoms with van der Waals surface area (Å²) in [5, 5.41) is 19.6. The summed E-state index contributed by atoms with van der Waals surface area (Å²) in [4.78, 5) is 3.28. The van der Waals surface area contributed by atoms with E-state index in [9.17, 15) is 5.11 Å². The quantitative estimate of drug-likeness (QED) is 0.677. The van der Waals surface area contributed by atoms with E-state index in [2.05, 4.69) is 4.98 Å². The van der Waals surface area contributed by atoms with Gasteiger partial charge in [0.05, 0.1) is 5.56 Å². The van der Waals surface area contributed by atoms with Crippen molar-refractivity contribution in [3.8, 4) is 23.1 Å². The van der Waals surface area contributed by atoms with Gasteiger partial charge in [-0.15, -0.1) is 0 Å². The average Bonchev–Trinajstić information content (AvgIpc) is 2.82. The van der Waals surface area contributed by atoms with Gasteiger partial charge in [0.15, 0.2) is 0 Å². The zero-order valence-electron chi connectivity index (χ0n) is 9.51. The number of para-hydroxylation sites is 1. The van der Waals surface area contributed by atoms with E-state index in [1.54, 1.807) is 12.1 Å². The Bertz CT molecular complexity index is 733. The SMILES string of the molecule is N#Cc1ccc(-c2cc3ccccc3[nH]2)cc1O. The number of aromatic nitrogens is 1. The minimum Gasteiger partial charge on any atom is -0.507 e. The maximum absolute atomic E-state index is 9.69. The molecule has 2 aromatic carbocycles. The summed E-state index contributed by atoms with van der Waals surface area (Å²) in [5.41, 5.74) is 3.13. The molecule has 1 heterocycles. The van der Waals surface area contributed by atoms with E-state index in [0.717, 1.165) is 22.2 Å². The zero-order chi connectivity index (χ0) is 12.5. The molecule has 3 heteroatoms. The van der Waals surface area contributed by atoms with Gasteiger partial charge in [0, 0.05) is 22.2 Å². The molecule has 0 saturated heterocycles. The maximum atomic E-state index is 9.69. The Morgan fingerprint density at radius 1 is 1.06 bits per heavy atom. The number of nitrogens with one attached hydrogen (secondary N) is 1. The number of nitrogens with zero attached hydrogens (tertiary/aromatic N) is 1. The van der Waals surface area contributed by atoms with Crippen LogP contribution in [0.4, 0.5) is 0 Å². The topological polar surface area (TPSA) is 59.8 Å². The molecule has 0 saturated carbocycles. The van der Waals surface area contributed by atoms with Crippen LogP contribution in [0.25, 0.3) is 22.2 Å². The van der Waals surface area contributed by atoms with Crippen LogP contribution in [0.2, 0.25) is 0 Å². The van der Waals surface area contributed by atoms with Crippen LogP contribution in [0.15, 0.2) is 48.5 Å². The van der Waals surface area contributed by atoms with E-state index < -0.39 is 0 Å². The molecule has 1 aromatic heterocycles. The molecule has 3 nitrogen and oxygen atoms in total. The molecule has 86 valence electrons. The molecule has 0 radical (unpaired) electrons. The van der Waals surface area contributed by atoms with Crippen molar-refractivity contribution in [1.82, 2.24) is 4.98 Å². The lowest BCUT2D eigenvalue weighted by atomic mass is 10.1. The van der Waals surface area contributed by atoms with Gasteiger partial charge in [-0.25, -0.2) is 0 Å². The molecule has 0 bridgehead atoms. The zero-order valence-corrected chi connectivity index (χ0v) is 9.51. The van der Waals surface area contributed by atoms with Crippen molar-refractivity contribution < 1.29 is 5.11 Å². The number of hydrogen-bond donors (Lipinski definition) is 2. The van der Waals surface area contributed by atoms with Crippen molar-refractivity contribution in [1.29, 1.82) is 5.26 Å². The number of phenols is 1. The number of phenolic OH excluding ortho intramolecular Hbond substituents is 1. The molecule has 0 aliphatic heterocycles. The minimum atomic E-state index is 0.00801. The highest BCUT2D eigenvalue weighted by Crippen LogP contribution is 2.28. The molecule has 3 rings (SSSR count). The third-order valence-corrected chi connectivity index (χ3v) is 2.96. The van der Waals surface area contributed by atoms with Gasteiger partial charge in [-0.2, -0.15) is 5.26 Å². The van der Waals surface area contributed by atoms with Crippen LogP contribution in [0.1, 0.15) is 5.56 Å². The molecule has 0 unspecified atom stereocenters. The third-order valence-electron chi connectivity index (χ3n) is 2.96. The Morgan fingerprint density at radius 2 is 1.89 bits per heavy atom. The molecule has 2 N–H and O–H groups in total. The molecule has 0 aliphatic carbocycles. The van der Waals surface area contributed by atoms with Gasteiger partial charge >= 0.3 is 0 Å². The average molecular weight is 234 g/mol. The van der Waals surface area contributed by atoms with Crippen molar-refractivity contribution in [2.75, 3.05) is 0 Å². The number of aromatic hydroxyl groups is 1. The number of hydrogen-bond acceptors (Lipinski definition) is 2. The molecular weight excluding hydrogens is 224 g/mol. The van der Waals surface area contributed by atoms with E-state index in [1.807, 2.05) is 42.5 Å². The fraction of sp³-hybridized carbons (Fsp3) is 0. The summed E-state index contributed by atoms with van der Waals surface area (Å²) in [6.45, 7) is 0. The highest BCUT2D eigenvalue weighted by molar-refractivity contribution is 5.86. The molecule has 18 heavy (non-hydrogen) atoms. The second-order valence-electron chi connectivity index (χ2n) is 4.11. The number of nitriles is 1. The van der Waals surface area contributed by atoms with Crippen molar-refractivity contribution >= 4 is 10.9 Å². The van der Waals surface area contributed by atoms with Gasteiger partial charge in [0.1, 0.15) is 11.8 Å². The predicted octanol–water partition coefficient (Wildman–Crippen LogP) is 3.41. The fourth-order valence-electron chi connectivity index (χ4n) is 2.02. The second-order valence-corrected chi connectivity index (χ2v) is 4.11. The van der Waals surface area contributed by atoms with E-state index in [1.165, 1.54) is 0 Å². The lowest BCUT2D eigenvalue weighted by Crippen LogP contribution is -1.80. The molecule has 0 aliphatic rings. The second kappa shape index (κ2) is 3.94. The molecule has 0 fully saturated rings. The van der Waals surface area contributed by atoms with Gasteiger partial charge in [-0.3, -0.25) is 0 Å². The first-order valence-electron chi connectivity index (χ1n) is 5.59. The fourth-order valence-corrected chi connectivity index (χ4v) is 2.02. The standard InChI is InChI=1S/C15H10N2O/c16-9-12-6-5-11(8-15(12)18)14-7-10-3-1-2-4-13(10)17-14/h1-8,17-18H. The highest BCUT2D eigenvalue weighted by atomic mass is 16.3. The van der Waals surface area contributed by atoms with Crippen molar-refractivity contribution in [2.45, 2.75) is 0 Å². The van der Waals surface area contributed by atoms with E-state index >= 15 is 0 Å². The summed E-state index contributed by atoms with van der Waals surface area (Å²) in [6, 6.07) is 17.0. The van der Waals surface area contributed by atoms with Crippen LogP contribution in [0, 0.1) is 11.3 Å². The lowest BCUT2D eigenvalue weighted by Gasteiger charge is -2.00. The Hall–Kier alpha value is -2.73. The Labute approximate surface area is 104 Å². The molecule has 0 spiro atoms. The molecular formula is C15H10N2O. The first-order chi connectivity index (χ1) is 8.78. The number of rotatable bonds is 1. The van der Waals surface area contributed by atoms with Crippen molar-refractivity contribution in [2.24, 2.45) is 0 Å². The van der Waals surface area contributed by atoms with E-state index in [4.69, 9.17) is 5.26 Å². The first kappa shape index (κ1) is 10.4. The Balaban J connectivity index is 2.15. The van der Waals surface area contributed by atoms with Gasteiger partial charge in [0.25, 0.3) is 0 Å². The van der Waals surface area contributed by atoms with Crippen LogP contribution in [-0.2, 0) is 0 Å². The van der Waals surface area contributed by atoms with Gasteiger partial charge in [0.2, 0.25) is 0 Å². The molecule has 0 amide bonds. The minimum absolute atomic E-state index is 0.00801. The number of benzene rings is 2. The Kier molecular flexibility index (Phi) is 2.28. The predicted molar refractivity (Wildman–Crippen MR) is 70.1 cm³/mol. The number of aromatic amines is 1. The van der Waals surface area contributed by atoms with Crippen molar-refractivity contribution in [3.05, 3.63) is 54.1 Å². The normalized spacial score (nSPS) is 10.4. The van der Waals surface area contributed by atoms with Crippen molar-refractivity contribution in [3.63, 3.8) is 0 Å². The van der Waals surface area contributed by atoms with Gasteiger partial charge < -0.3 is 10.1 Å². The van der Waals surface area contributed by atoms with Crippen LogP contribution >= 0.6 is 0 Å². The maximum Gasteiger partial charge on any atom is 0.134 e. The lowest BCUT2D eigenvalue weighted by molar-refractivity contribution is 0.474. The van der Waals surface area contributed by atoms with Gasteiger partial charge in [-0.1, -0.05) is 24.3 Å². The van der Waals surface area contributed by atoms with Crippen LogP contribution in [0.3, 0.4) is 0 Å². The van der Waals surface area contributed by atoms with Crippen LogP contribution in [-0.4, -0.2) is 10.1 Å². The summed E-state index contributed by atoms with van der Waals surface area (Å²) in [7, 11) is 0. The molecule has 0 atom stereocenters. The van der Waals surface area contributed by atoms with E-state index in [-0.39, 0.29) is 11.3 Å². The van der Waals surface area contributed by atoms with Crippen LogP contribution in [0.5, 0.6) is 5.75 Å². The van der Waals surface area contributed by atoms with Gasteiger partial charge in [-0.05, 0) is 24.3 Å². The first-order valence-corrected chi connectivity index (χ1v) is 5.59.